The first-order chi connectivity index (χ1) is 22.5. The Morgan fingerprint density at radius 2 is 1.83 bits per heavy atom. The number of ether oxygens (including phenoxy) is 1. The summed E-state index contributed by atoms with van der Waals surface area (Å²) in [6, 6.07) is 9.15. The average Bonchev–Trinajstić information content (AvgIpc) is 3.89. The second kappa shape index (κ2) is 12.5. The number of hydrogen-bond donors (Lipinski definition) is 2. The highest BCUT2D eigenvalue weighted by Gasteiger charge is 2.54. The summed E-state index contributed by atoms with van der Waals surface area (Å²) in [6.07, 6.45) is 10.0. The van der Waals surface area contributed by atoms with Gasteiger partial charge in [0.05, 0.1) is 31.3 Å². The molecule has 5 fully saturated rings. The monoisotopic (exact) mass is 629 g/mol. The van der Waals surface area contributed by atoms with Crippen LogP contribution in [0.5, 0.6) is 0 Å². The van der Waals surface area contributed by atoms with Crippen molar-refractivity contribution in [3.63, 3.8) is 0 Å². The fourth-order valence-electron chi connectivity index (χ4n) is 8.93. The molecule has 46 heavy (non-hydrogen) atoms. The molecular weight excluding hydrogens is 582 g/mol. The average molecular weight is 630 g/mol. The molecule has 12 nitrogen and oxygen atoms in total. The van der Waals surface area contributed by atoms with Crippen LogP contribution in [-0.4, -0.2) is 130 Å². The van der Waals surface area contributed by atoms with E-state index >= 15 is 0 Å². The smallest absolute Gasteiger partial charge is 0.237 e. The lowest BCUT2D eigenvalue weighted by Crippen LogP contribution is -2.53. The number of benzene rings is 1. The van der Waals surface area contributed by atoms with Crippen LogP contribution < -0.4 is 10.9 Å². The van der Waals surface area contributed by atoms with Crippen LogP contribution >= 0.6 is 0 Å². The molecule has 6 heterocycles. The van der Waals surface area contributed by atoms with Crippen LogP contribution in [-0.2, 0) is 21.4 Å². The molecule has 1 saturated carbocycles. The zero-order chi connectivity index (χ0) is 31.3. The van der Waals surface area contributed by atoms with E-state index in [-0.39, 0.29) is 11.3 Å². The van der Waals surface area contributed by atoms with E-state index in [1.54, 1.807) is 11.0 Å². The number of aromatic nitrogens is 3. The van der Waals surface area contributed by atoms with Crippen molar-refractivity contribution in [2.45, 2.75) is 56.8 Å². The van der Waals surface area contributed by atoms with Crippen LogP contribution in [0.15, 0.2) is 36.7 Å². The lowest BCUT2D eigenvalue weighted by Gasteiger charge is -2.41. The largest absolute Gasteiger partial charge is 0.379 e. The number of nitrogens with one attached hydrogen (secondary N) is 2. The van der Waals surface area contributed by atoms with Crippen molar-refractivity contribution in [2.24, 2.45) is 18.4 Å². The van der Waals surface area contributed by atoms with E-state index in [4.69, 9.17) is 4.74 Å². The number of carbonyl (C=O) groups is 2. The fraction of sp³-hybridized carbons (Fsp3) is 0.647. The summed E-state index contributed by atoms with van der Waals surface area (Å²) in [7, 11) is 1.87. The van der Waals surface area contributed by atoms with E-state index < -0.39 is 0 Å². The van der Waals surface area contributed by atoms with Crippen molar-refractivity contribution < 1.29 is 14.3 Å². The quantitative estimate of drug-likeness (QED) is 0.489. The summed E-state index contributed by atoms with van der Waals surface area (Å²) in [6.45, 7) is 7.63. The van der Waals surface area contributed by atoms with Gasteiger partial charge in [-0.25, -0.2) is 10.4 Å². The minimum atomic E-state index is -0.321. The Hall–Kier alpha value is -3.16. The second-order valence-electron chi connectivity index (χ2n) is 14.2. The number of fused-ring (bicyclic) bond motifs is 1. The van der Waals surface area contributed by atoms with E-state index in [9.17, 15) is 9.59 Å². The summed E-state index contributed by atoms with van der Waals surface area (Å²) < 4.78 is 7.30. The van der Waals surface area contributed by atoms with E-state index in [1.165, 1.54) is 11.1 Å². The van der Waals surface area contributed by atoms with Crippen LogP contribution in [0.3, 0.4) is 0 Å². The molecule has 4 unspecified atom stereocenters. The Morgan fingerprint density at radius 1 is 1.02 bits per heavy atom. The van der Waals surface area contributed by atoms with Crippen molar-refractivity contribution in [1.82, 2.24) is 45.2 Å². The number of likely N-dealkylation sites (tertiary alicyclic amines) is 2. The molecule has 4 saturated heterocycles. The van der Waals surface area contributed by atoms with Gasteiger partial charge in [0.2, 0.25) is 11.8 Å². The van der Waals surface area contributed by atoms with E-state index in [0.29, 0.717) is 49.7 Å². The molecule has 1 spiro atoms. The maximum atomic E-state index is 14.0. The predicted octanol–water partition coefficient (Wildman–Crippen LogP) is 1.33. The third kappa shape index (κ3) is 5.68. The summed E-state index contributed by atoms with van der Waals surface area (Å²) in [5.74, 6) is 1.73. The number of hydrogen-bond acceptors (Lipinski definition) is 9. The zero-order valence-corrected chi connectivity index (χ0v) is 26.9. The van der Waals surface area contributed by atoms with Gasteiger partial charge in [-0.3, -0.25) is 29.5 Å². The third-order valence-electron chi connectivity index (χ3n) is 11.6. The number of amides is 2. The summed E-state index contributed by atoms with van der Waals surface area (Å²) in [5, 5.41) is 4.39. The zero-order valence-electron chi connectivity index (χ0n) is 26.9. The van der Waals surface area contributed by atoms with Crippen LogP contribution in [0.2, 0.25) is 0 Å². The Labute approximate surface area is 271 Å². The van der Waals surface area contributed by atoms with Gasteiger partial charge in [0, 0.05) is 69.9 Å². The van der Waals surface area contributed by atoms with Crippen molar-refractivity contribution in [2.75, 3.05) is 65.6 Å². The van der Waals surface area contributed by atoms with Gasteiger partial charge in [0.15, 0.2) is 5.82 Å². The Bertz CT molecular complexity index is 1470. The first-order valence-corrected chi connectivity index (χ1v) is 17.3. The molecule has 12 heteroatoms. The Kier molecular flexibility index (Phi) is 8.18. The molecule has 8 rings (SSSR count). The van der Waals surface area contributed by atoms with Gasteiger partial charge < -0.3 is 14.5 Å². The number of nitrogens with zero attached hydrogens (tertiary/aromatic N) is 7. The highest BCUT2D eigenvalue weighted by atomic mass is 16.5. The minimum absolute atomic E-state index is 0.167. The third-order valence-corrected chi connectivity index (χ3v) is 11.6. The highest BCUT2D eigenvalue weighted by molar-refractivity contribution is 5.86. The Morgan fingerprint density at radius 3 is 2.59 bits per heavy atom. The molecule has 0 radical (unpaired) electrons. The first-order valence-electron chi connectivity index (χ1n) is 17.3. The molecule has 1 aromatic carbocycles. The number of carbonyl (C=O) groups excluding carboxylic acids is 2. The van der Waals surface area contributed by atoms with Crippen LogP contribution in [0.1, 0.15) is 44.1 Å². The van der Waals surface area contributed by atoms with Gasteiger partial charge in [-0.1, -0.05) is 30.3 Å². The SMILES string of the molecule is Cn1cnc(-c2ccc(C3=CCN(C(=O)CN4CC[C@]5(CCN(C6CCC7NNC(N8CCOCC8)C7C6)C5=O)C4)CC3)cc2)n1. The molecule has 1 aliphatic carbocycles. The number of hydrazine groups is 1. The van der Waals surface area contributed by atoms with Crippen molar-refractivity contribution >= 4 is 17.4 Å². The molecule has 2 aromatic rings. The molecule has 6 aliphatic rings. The van der Waals surface area contributed by atoms with E-state index in [0.717, 1.165) is 95.9 Å². The van der Waals surface area contributed by atoms with Crippen molar-refractivity contribution in [3.8, 4) is 11.4 Å². The topological polar surface area (TPSA) is 111 Å². The Balaban J connectivity index is 0.838. The second-order valence-corrected chi connectivity index (χ2v) is 14.2. The number of aryl methyl sites for hydroxylation is 1. The standard InChI is InChI=1S/C34H47N9O3/c1-39-23-35-31(38-39)26-4-2-24(3-5-26)25-8-12-41(13-9-25)30(44)21-40-14-10-34(22-40)11-15-43(33(34)45)27-6-7-29-28(20-27)32(37-36-29)42-16-18-46-19-17-42/h2-5,8,23,27-29,32,36-37H,6-7,9-22H2,1H3/t27?,28?,29?,32?,34-/m0/s1. The molecule has 246 valence electrons. The predicted molar refractivity (Wildman–Crippen MR) is 173 cm³/mol. The van der Waals surface area contributed by atoms with Crippen LogP contribution in [0.25, 0.3) is 17.0 Å². The van der Waals surface area contributed by atoms with Gasteiger partial charge in [-0.2, -0.15) is 5.10 Å². The van der Waals surface area contributed by atoms with E-state index in [2.05, 4.69) is 66.0 Å². The van der Waals surface area contributed by atoms with Crippen molar-refractivity contribution in [1.29, 1.82) is 0 Å². The van der Waals surface area contributed by atoms with Gasteiger partial charge in [0.25, 0.3) is 0 Å². The summed E-state index contributed by atoms with van der Waals surface area (Å²) >= 11 is 0. The highest BCUT2D eigenvalue weighted by Crippen LogP contribution is 2.44. The molecule has 2 N–H and O–H groups in total. The number of rotatable bonds is 6. The molecule has 1 aromatic heterocycles. The van der Waals surface area contributed by atoms with Gasteiger partial charge in [0.1, 0.15) is 6.33 Å². The molecule has 2 amide bonds. The lowest BCUT2D eigenvalue weighted by molar-refractivity contribution is -0.139. The van der Waals surface area contributed by atoms with Gasteiger partial charge in [-0.05, 0) is 56.2 Å². The molecule has 5 atom stereocenters. The maximum Gasteiger partial charge on any atom is 0.237 e. The maximum absolute atomic E-state index is 14.0. The van der Waals surface area contributed by atoms with Gasteiger partial charge in [-0.15, -0.1) is 0 Å². The van der Waals surface area contributed by atoms with Crippen LogP contribution in [0.4, 0.5) is 0 Å². The molecule has 0 bridgehead atoms. The van der Waals surface area contributed by atoms with E-state index in [1.807, 2.05) is 11.9 Å². The molecule has 5 aliphatic heterocycles. The first kappa shape index (κ1) is 30.2. The molecular formula is C34H47N9O3. The fourth-order valence-corrected chi connectivity index (χ4v) is 8.93. The summed E-state index contributed by atoms with van der Waals surface area (Å²) in [4.78, 5) is 40.7. The van der Waals surface area contributed by atoms with Crippen LogP contribution in [0, 0.1) is 11.3 Å². The lowest BCUT2D eigenvalue weighted by atomic mass is 9.80. The normalized spacial score (nSPS) is 32.4. The minimum Gasteiger partial charge on any atom is -0.379 e. The van der Waals surface area contributed by atoms with Crippen molar-refractivity contribution in [3.05, 3.63) is 42.2 Å². The number of morpholine rings is 1. The summed E-state index contributed by atoms with van der Waals surface area (Å²) in [5.41, 5.74) is 10.3. The van der Waals surface area contributed by atoms with Gasteiger partial charge >= 0.3 is 0 Å².